The Morgan fingerprint density at radius 3 is 1.36 bits per heavy atom. The smallest absolute Gasteiger partial charge is 0.246 e. The van der Waals surface area contributed by atoms with Gasteiger partial charge in [-0.25, -0.2) is 0 Å². The van der Waals surface area contributed by atoms with Gasteiger partial charge < -0.3 is 19.3 Å². The molecule has 2 amide bonds. The van der Waals surface area contributed by atoms with Crippen molar-refractivity contribution in [1.82, 2.24) is 9.80 Å². The maximum absolute atomic E-state index is 12.2. The lowest BCUT2D eigenvalue weighted by atomic mass is 9.84. The predicted molar refractivity (Wildman–Crippen MR) is 201 cm³/mol. The summed E-state index contributed by atoms with van der Waals surface area (Å²) in [4.78, 5) is 28.2. The highest BCUT2D eigenvalue weighted by Crippen LogP contribution is 2.37. The van der Waals surface area contributed by atoms with Crippen LogP contribution < -0.4 is 9.47 Å². The van der Waals surface area contributed by atoms with Gasteiger partial charge in [-0.05, 0) is 81.6 Å². The van der Waals surface area contributed by atoms with Crippen LogP contribution >= 0.6 is 0 Å². The summed E-state index contributed by atoms with van der Waals surface area (Å²) in [5.41, 5.74) is 7.29. The third-order valence-electron chi connectivity index (χ3n) is 9.05. The molecule has 0 radical (unpaired) electrons. The van der Waals surface area contributed by atoms with Gasteiger partial charge in [0.25, 0.3) is 0 Å². The fourth-order valence-corrected chi connectivity index (χ4v) is 6.54. The van der Waals surface area contributed by atoms with Crippen LogP contribution in [0, 0.1) is 11.8 Å². The summed E-state index contributed by atoms with van der Waals surface area (Å²) < 4.78 is 11.7. The number of carbonyl (C=O) groups is 2. The molecule has 2 aliphatic rings. The van der Waals surface area contributed by atoms with E-state index in [9.17, 15) is 9.59 Å². The van der Waals surface area contributed by atoms with E-state index in [1.807, 2.05) is 58.3 Å². The predicted octanol–water partition coefficient (Wildman–Crippen LogP) is 8.76. The van der Waals surface area contributed by atoms with Crippen molar-refractivity contribution in [1.29, 1.82) is 0 Å². The first-order chi connectivity index (χ1) is 24.2. The highest BCUT2D eigenvalue weighted by atomic mass is 16.5. The van der Waals surface area contributed by atoms with E-state index in [0.29, 0.717) is 51.2 Å². The van der Waals surface area contributed by atoms with E-state index in [0.717, 1.165) is 22.6 Å². The van der Waals surface area contributed by atoms with E-state index in [-0.39, 0.29) is 23.7 Å². The molecule has 6 heteroatoms. The van der Waals surface area contributed by atoms with Gasteiger partial charge >= 0.3 is 0 Å². The zero-order valence-electron chi connectivity index (χ0n) is 29.9. The largest absolute Gasteiger partial charge is 0.493 e. The minimum absolute atomic E-state index is 0.0277. The van der Waals surface area contributed by atoms with Gasteiger partial charge in [0.05, 0.1) is 13.2 Å². The maximum atomic E-state index is 12.2. The molecule has 0 N–H and O–H groups in total. The lowest BCUT2D eigenvalue weighted by Crippen LogP contribution is -2.37. The number of nitrogens with zero attached hydrogens (tertiary/aromatic N) is 2. The molecule has 2 aliphatic heterocycles. The molecule has 0 saturated heterocycles. The Bertz CT molecular complexity index is 1630. The summed E-state index contributed by atoms with van der Waals surface area (Å²) in [6.45, 7) is 19.7. The average Bonchev–Trinajstić information content (AvgIpc) is 3.15. The van der Waals surface area contributed by atoms with Gasteiger partial charge in [-0.3, -0.25) is 9.59 Å². The highest BCUT2D eigenvalue weighted by molar-refractivity contribution is 5.88. The van der Waals surface area contributed by atoms with Gasteiger partial charge in [0.2, 0.25) is 11.8 Å². The molecule has 50 heavy (non-hydrogen) atoms. The van der Waals surface area contributed by atoms with Crippen molar-refractivity contribution in [3.8, 4) is 11.5 Å². The molecule has 0 unspecified atom stereocenters. The van der Waals surface area contributed by atoms with Crippen LogP contribution in [0.1, 0.15) is 72.9 Å². The van der Waals surface area contributed by atoms with E-state index in [2.05, 4.69) is 89.4 Å². The van der Waals surface area contributed by atoms with Crippen LogP contribution in [0.5, 0.6) is 11.5 Å². The Kier molecular flexibility index (Phi) is 12.3. The van der Waals surface area contributed by atoms with Gasteiger partial charge in [0, 0.05) is 38.0 Å². The molecule has 260 valence electrons. The number of rotatable bonds is 10. The molecule has 0 aromatic heterocycles. The summed E-state index contributed by atoms with van der Waals surface area (Å²) in [7, 11) is 0. The Morgan fingerprint density at radius 1 is 0.640 bits per heavy atom. The van der Waals surface area contributed by atoms with Gasteiger partial charge in [0.1, 0.15) is 11.5 Å². The molecule has 0 saturated carbocycles. The lowest BCUT2D eigenvalue weighted by molar-refractivity contribution is -0.127. The molecular weight excluding hydrogens is 620 g/mol. The second-order valence-corrected chi connectivity index (χ2v) is 13.9. The Balaban J connectivity index is 0.000000194. The van der Waals surface area contributed by atoms with Crippen LogP contribution in [0.2, 0.25) is 0 Å². The highest BCUT2D eigenvalue weighted by Gasteiger charge is 2.30. The molecule has 6 nitrogen and oxygen atoms in total. The molecule has 0 aliphatic carbocycles. The number of amides is 2. The van der Waals surface area contributed by atoms with E-state index < -0.39 is 0 Å². The molecule has 4 aromatic rings. The number of hydrogen-bond acceptors (Lipinski definition) is 4. The normalized spacial score (nSPS) is 16.4. The first-order valence-electron chi connectivity index (χ1n) is 17.6. The Hall–Kier alpha value is -5.10. The summed E-state index contributed by atoms with van der Waals surface area (Å²) in [5, 5.41) is 0. The number of benzene rings is 4. The number of hydrogen-bond donors (Lipinski definition) is 0. The minimum atomic E-state index is -0.0277. The first kappa shape index (κ1) is 36.2. The van der Waals surface area contributed by atoms with Crippen LogP contribution in [0.3, 0.4) is 0 Å². The third kappa shape index (κ3) is 9.12. The van der Waals surface area contributed by atoms with Crippen LogP contribution in [-0.4, -0.2) is 47.9 Å². The average molecular weight is 671 g/mol. The zero-order valence-corrected chi connectivity index (χ0v) is 29.9. The molecule has 0 fully saturated rings. The molecule has 0 bridgehead atoms. The van der Waals surface area contributed by atoms with Crippen molar-refractivity contribution in [2.75, 3.05) is 26.3 Å². The summed E-state index contributed by atoms with van der Waals surface area (Å²) in [6, 6.07) is 33.3. The summed E-state index contributed by atoms with van der Waals surface area (Å²) >= 11 is 0. The first-order valence-corrected chi connectivity index (χ1v) is 17.6. The summed E-state index contributed by atoms with van der Waals surface area (Å²) in [6.07, 6.45) is 2.79. The SMILES string of the molecule is C=CC(=O)N1Cc2cc(OCC(C)C)ccc2[C@@H](c2ccccc2)C1.C=CC(=O)N1Cc2cc(OCC(C)C)ccc2[C@H](c2ccccc2)C1. The summed E-state index contributed by atoms with van der Waals surface area (Å²) in [5.74, 6) is 2.99. The van der Waals surface area contributed by atoms with Gasteiger partial charge in [-0.15, -0.1) is 0 Å². The fourth-order valence-electron chi connectivity index (χ4n) is 6.54. The van der Waals surface area contributed by atoms with Gasteiger partial charge in [-0.2, -0.15) is 0 Å². The second kappa shape index (κ2) is 17.0. The molecule has 2 heterocycles. The van der Waals surface area contributed by atoms with E-state index in [1.165, 1.54) is 34.4 Å². The van der Waals surface area contributed by atoms with Crippen molar-refractivity contribution >= 4 is 11.8 Å². The van der Waals surface area contributed by atoms with E-state index in [4.69, 9.17) is 9.47 Å². The standard InChI is InChI=1S/2C22H25NO2/c2*1-4-22(24)23-13-18-12-19(25-15-16(2)3)10-11-20(18)21(14-23)17-8-6-5-7-9-17/h2*4-12,16,21H,1,13-15H2,2-3H3/t2*21-/m10/s1. The van der Waals surface area contributed by atoms with Crippen molar-refractivity contribution in [2.45, 2.75) is 52.6 Å². The lowest BCUT2D eigenvalue weighted by Gasteiger charge is -2.34. The zero-order chi connectivity index (χ0) is 35.6. The number of fused-ring (bicyclic) bond motifs is 2. The molecular formula is C44H50N2O4. The quantitative estimate of drug-likeness (QED) is 0.158. The topological polar surface area (TPSA) is 59.1 Å². The molecule has 6 rings (SSSR count). The third-order valence-corrected chi connectivity index (χ3v) is 9.05. The maximum Gasteiger partial charge on any atom is 0.246 e. The molecule has 0 spiro atoms. The Labute approximate surface area is 298 Å². The van der Waals surface area contributed by atoms with Crippen molar-refractivity contribution in [2.24, 2.45) is 11.8 Å². The van der Waals surface area contributed by atoms with Crippen molar-refractivity contribution < 1.29 is 19.1 Å². The van der Waals surface area contributed by atoms with Gasteiger partial charge in [-0.1, -0.05) is 114 Å². The second-order valence-electron chi connectivity index (χ2n) is 13.9. The van der Waals surface area contributed by atoms with Crippen LogP contribution in [-0.2, 0) is 22.7 Å². The van der Waals surface area contributed by atoms with Crippen LogP contribution in [0.15, 0.2) is 122 Å². The minimum Gasteiger partial charge on any atom is -0.493 e. The van der Waals surface area contributed by atoms with Crippen molar-refractivity contribution in [3.63, 3.8) is 0 Å². The number of ether oxygens (including phenoxy) is 2. The monoisotopic (exact) mass is 670 g/mol. The fraction of sp³-hybridized carbons (Fsp3) is 0.318. The Morgan fingerprint density at radius 2 is 1.02 bits per heavy atom. The van der Waals surface area contributed by atoms with E-state index >= 15 is 0 Å². The molecule has 2 atom stereocenters. The van der Waals surface area contributed by atoms with Crippen molar-refractivity contribution in [3.05, 3.63) is 156 Å². The van der Waals surface area contributed by atoms with E-state index in [1.54, 1.807) is 0 Å². The molecule has 4 aromatic carbocycles. The van der Waals surface area contributed by atoms with Crippen LogP contribution in [0.25, 0.3) is 0 Å². The van der Waals surface area contributed by atoms with Gasteiger partial charge in [0.15, 0.2) is 0 Å². The van der Waals surface area contributed by atoms with Crippen LogP contribution in [0.4, 0.5) is 0 Å². The number of carbonyl (C=O) groups excluding carboxylic acids is 2.